The van der Waals surface area contributed by atoms with Crippen molar-refractivity contribution in [3.05, 3.63) is 59.7 Å². The highest BCUT2D eigenvalue weighted by Crippen LogP contribution is 2.32. The largest absolute Gasteiger partial charge is 0.326 e. The molecule has 0 atom stereocenters. The summed E-state index contributed by atoms with van der Waals surface area (Å²) in [6.45, 7) is 14.5. The second kappa shape index (κ2) is 12.2. The quantitative estimate of drug-likeness (QED) is 0.248. The maximum atomic E-state index is 15.2. The van der Waals surface area contributed by atoms with E-state index in [0.29, 0.717) is 23.9 Å². The van der Waals surface area contributed by atoms with Crippen molar-refractivity contribution in [3.63, 3.8) is 0 Å². The number of imidazole rings is 1. The third kappa shape index (κ3) is 6.82. The van der Waals surface area contributed by atoms with Gasteiger partial charge in [-0.15, -0.1) is 9.35 Å². The molecule has 43 heavy (non-hydrogen) atoms. The highest BCUT2D eigenvalue weighted by Gasteiger charge is 2.25. The normalized spacial score (nSPS) is 15.2. The van der Waals surface area contributed by atoms with Crippen molar-refractivity contribution < 1.29 is 21.5 Å². The number of piperazine rings is 1. The molecule has 0 N–H and O–H groups in total. The van der Waals surface area contributed by atoms with Crippen LogP contribution in [-0.4, -0.2) is 81.2 Å². The van der Waals surface area contributed by atoms with Gasteiger partial charge in [0.2, 0.25) is 0 Å². The Labute approximate surface area is 250 Å². The fourth-order valence-corrected chi connectivity index (χ4v) is 5.77. The molecular formula is C29H36F2N8O3S. The van der Waals surface area contributed by atoms with E-state index in [1.54, 1.807) is 25.3 Å². The number of hydrogen-bond donors (Lipinski definition) is 0. The van der Waals surface area contributed by atoms with E-state index < -0.39 is 21.8 Å². The van der Waals surface area contributed by atoms with E-state index in [1.165, 1.54) is 0 Å². The predicted octanol–water partition coefficient (Wildman–Crippen LogP) is 4.61. The van der Waals surface area contributed by atoms with Crippen LogP contribution in [0.5, 0.6) is 0 Å². The number of pyridine rings is 1. The van der Waals surface area contributed by atoms with Crippen LogP contribution in [0.1, 0.15) is 45.1 Å². The van der Waals surface area contributed by atoms with E-state index in [0.717, 1.165) is 55.3 Å². The molecule has 4 aromatic rings. The topological polar surface area (TPSA) is 110 Å². The number of halogens is 2. The number of hydrogen-bond acceptors (Lipinski definition) is 10. The molecule has 0 aliphatic carbocycles. The molecule has 14 heteroatoms. The van der Waals surface area contributed by atoms with Gasteiger partial charge in [0, 0.05) is 56.6 Å². The second-order valence-electron chi connectivity index (χ2n) is 11.3. The van der Waals surface area contributed by atoms with Crippen LogP contribution in [-0.2, 0) is 20.9 Å². The Kier molecular flexibility index (Phi) is 8.75. The first-order valence-electron chi connectivity index (χ1n) is 14.1. The third-order valence-electron chi connectivity index (χ3n) is 7.40. The summed E-state index contributed by atoms with van der Waals surface area (Å²) in [5.41, 5.74) is 1.47. The van der Waals surface area contributed by atoms with E-state index in [1.807, 2.05) is 24.5 Å². The minimum absolute atomic E-state index is 0.0252. The lowest BCUT2D eigenvalue weighted by atomic mass is 10.1. The number of fused-ring (bicyclic) bond motifs is 1. The van der Waals surface area contributed by atoms with Crippen molar-refractivity contribution in [2.24, 2.45) is 0 Å². The molecule has 0 unspecified atom stereocenters. The van der Waals surface area contributed by atoms with Crippen LogP contribution in [0.2, 0.25) is 0 Å². The zero-order valence-corrected chi connectivity index (χ0v) is 25.9. The summed E-state index contributed by atoms with van der Waals surface area (Å²) >= 11 is 0. The summed E-state index contributed by atoms with van der Waals surface area (Å²) in [5, 5.41) is 0.820. The molecule has 0 radical (unpaired) electrons. The van der Waals surface area contributed by atoms with E-state index >= 15 is 8.78 Å². The van der Waals surface area contributed by atoms with Gasteiger partial charge < -0.3 is 4.57 Å². The predicted molar refractivity (Wildman–Crippen MR) is 160 cm³/mol. The van der Waals surface area contributed by atoms with E-state index in [2.05, 4.69) is 43.6 Å². The van der Waals surface area contributed by atoms with Crippen LogP contribution in [0.3, 0.4) is 0 Å². The first-order chi connectivity index (χ1) is 20.3. The summed E-state index contributed by atoms with van der Waals surface area (Å²) in [6.07, 6.45) is 3.38. The van der Waals surface area contributed by atoms with Gasteiger partial charge in [-0.2, -0.15) is 8.42 Å². The second-order valence-corrected chi connectivity index (χ2v) is 12.9. The SMILES string of the molecule is Cc1nc2c(F)cc(-c3nc(N(OS(C)(=O)=O)c4ccc(CN5CCN(C(C)C)CC5)cn4)ncc3F)cc2n1C(C)C. The molecule has 11 nitrogen and oxygen atoms in total. The molecule has 230 valence electrons. The third-order valence-corrected chi connectivity index (χ3v) is 7.82. The highest BCUT2D eigenvalue weighted by molar-refractivity contribution is 7.86. The maximum Gasteiger partial charge on any atom is 0.285 e. The molecule has 5 rings (SSSR count). The lowest BCUT2D eigenvalue weighted by Gasteiger charge is -2.36. The number of aryl methyl sites for hydroxylation is 1. The van der Waals surface area contributed by atoms with Gasteiger partial charge in [-0.25, -0.2) is 28.7 Å². The molecule has 0 bridgehead atoms. The zero-order chi connectivity index (χ0) is 31.1. The zero-order valence-electron chi connectivity index (χ0n) is 25.1. The van der Waals surface area contributed by atoms with Crippen LogP contribution < -0.4 is 5.06 Å². The van der Waals surface area contributed by atoms with Gasteiger partial charge in [0.25, 0.3) is 16.1 Å². The van der Waals surface area contributed by atoms with Crippen LogP contribution >= 0.6 is 0 Å². The number of aromatic nitrogens is 5. The van der Waals surface area contributed by atoms with E-state index in [9.17, 15) is 8.42 Å². The highest BCUT2D eigenvalue weighted by atomic mass is 32.2. The molecule has 0 saturated carbocycles. The molecule has 1 saturated heterocycles. The molecule has 1 fully saturated rings. The molecule has 4 heterocycles. The summed E-state index contributed by atoms with van der Waals surface area (Å²) in [4.78, 5) is 21.8. The Morgan fingerprint density at radius 3 is 2.28 bits per heavy atom. The van der Waals surface area contributed by atoms with Gasteiger partial charge in [-0.05, 0) is 58.4 Å². The van der Waals surface area contributed by atoms with Crippen LogP contribution in [0.4, 0.5) is 20.5 Å². The number of nitrogens with zero attached hydrogens (tertiary/aromatic N) is 8. The van der Waals surface area contributed by atoms with Gasteiger partial charge in [-0.3, -0.25) is 9.80 Å². The van der Waals surface area contributed by atoms with Crippen LogP contribution in [0.25, 0.3) is 22.3 Å². The Balaban J connectivity index is 1.47. The molecule has 1 aromatic carbocycles. The van der Waals surface area contributed by atoms with Gasteiger partial charge in [0.05, 0.1) is 18.0 Å². The molecule has 3 aromatic heterocycles. The Bertz CT molecular complexity index is 1720. The van der Waals surface area contributed by atoms with Crippen LogP contribution in [0.15, 0.2) is 36.7 Å². The summed E-state index contributed by atoms with van der Waals surface area (Å²) < 4.78 is 61.8. The lowest BCUT2D eigenvalue weighted by molar-refractivity contribution is 0.104. The van der Waals surface area contributed by atoms with Crippen LogP contribution in [0, 0.1) is 18.6 Å². The standard InChI is InChI=1S/C29H36F2N8O3S/c1-18(2)37-11-9-36(10-12-37)17-21-7-8-26(32-15-21)39(42-43(6,40)41)29-33-16-24(31)27(35-29)22-13-23(30)28-25(14-22)38(19(3)4)20(5)34-28/h7-8,13-16,18-19H,9-12,17H2,1-6H3. The molecule has 0 spiro atoms. The summed E-state index contributed by atoms with van der Waals surface area (Å²) in [7, 11) is -4.07. The number of anilines is 2. The molecular weight excluding hydrogens is 578 g/mol. The van der Waals surface area contributed by atoms with Gasteiger partial charge >= 0.3 is 0 Å². The monoisotopic (exact) mass is 614 g/mol. The smallest absolute Gasteiger partial charge is 0.285 e. The fraction of sp³-hybridized carbons (Fsp3) is 0.448. The molecule has 1 aliphatic heterocycles. The Morgan fingerprint density at radius 2 is 1.67 bits per heavy atom. The first kappa shape index (κ1) is 30.9. The van der Waals surface area contributed by atoms with Crippen molar-refractivity contribution in [1.29, 1.82) is 0 Å². The van der Waals surface area contributed by atoms with Gasteiger partial charge in [0.15, 0.2) is 17.5 Å². The number of rotatable bonds is 9. The molecule has 1 aliphatic rings. The molecule has 0 amide bonds. The summed E-state index contributed by atoms with van der Waals surface area (Å²) in [6, 6.07) is 6.63. The first-order valence-corrected chi connectivity index (χ1v) is 15.9. The van der Waals surface area contributed by atoms with Crippen molar-refractivity contribution in [1.82, 2.24) is 34.3 Å². The number of benzene rings is 1. The average molecular weight is 615 g/mol. The van der Waals surface area contributed by atoms with Crippen molar-refractivity contribution >= 4 is 32.9 Å². The minimum atomic E-state index is -4.07. The van der Waals surface area contributed by atoms with Gasteiger partial charge in [-0.1, -0.05) is 6.07 Å². The van der Waals surface area contributed by atoms with Gasteiger partial charge in [0.1, 0.15) is 17.0 Å². The minimum Gasteiger partial charge on any atom is -0.326 e. The summed E-state index contributed by atoms with van der Waals surface area (Å²) in [5.74, 6) is -1.06. The fourth-order valence-electron chi connectivity index (χ4n) is 5.35. The van der Waals surface area contributed by atoms with Crippen molar-refractivity contribution in [2.75, 3.05) is 37.5 Å². The average Bonchev–Trinajstić information content (AvgIpc) is 3.29. The Hall–Kier alpha value is -3.59. The van der Waals surface area contributed by atoms with Crippen molar-refractivity contribution in [2.45, 2.75) is 53.2 Å². The Morgan fingerprint density at radius 1 is 0.953 bits per heavy atom. The van der Waals surface area contributed by atoms with E-state index in [4.69, 9.17) is 4.28 Å². The maximum absolute atomic E-state index is 15.2. The van der Waals surface area contributed by atoms with Crippen molar-refractivity contribution in [3.8, 4) is 11.3 Å². The lowest BCUT2D eigenvalue weighted by Crippen LogP contribution is -2.48. The van der Waals surface area contributed by atoms with E-state index in [-0.39, 0.29) is 34.6 Å².